The van der Waals surface area contributed by atoms with E-state index in [1.807, 2.05) is 29.8 Å². The number of aryl methyl sites for hydroxylation is 1. The Hall–Kier alpha value is -2.19. The molecule has 0 aliphatic carbocycles. The van der Waals surface area contributed by atoms with Crippen molar-refractivity contribution in [3.05, 3.63) is 46.6 Å². The van der Waals surface area contributed by atoms with E-state index in [9.17, 15) is 0 Å². The third-order valence-corrected chi connectivity index (χ3v) is 3.44. The Bertz CT molecular complexity index is 797. The summed E-state index contributed by atoms with van der Waals surface area (Å²) in [6.07, 6.45) is 1.75. The lowest BCUT2D eigenvalue weighted by molar-refractivity contribution is 0.950. The van der Waals surface area contributed by atoms with Crippen LogP contribution >= 0.6 is 15.9 Å². The number of rotatable bonds is 1. The van der Waals surface area contributed by atoms with Gasteiger partial charge >= 0.3 is 0 Å². The Labute approximate surface area is 118 Å². The first-order chi connectivity index (χ1) is 9.19. The number of benzene rings is 1. The van der Waals surface area contributed by atoms with Gasteiger partial charge in [0.15, 0.2) is 5.82 Å². The zero-order valence-corrected chi connectivity index (χ0v) is 11.7. The van der Waals surface area contributed by atoms with E-state index in [2.05, 4.69) is 32.0 Å². The van der Waals surface area contributed by atoms with Crippen molar-refractivity contribution in [3.8, 4) is 17.6 Å². The van der Waals surface area contributed by atoms with Crippen LogP contribution in [0.25, 0.3) is 22.6 Å². The van der Waals surface area contributed by atoms with Gasteiger partial charge in [0.25, 0.3) is 0 Å². The van der Waals surface area contributed by atoms with E-state index in [1.165, 1.54) is 0 Å². The van der Waals surface area contributed by atoms with Gasteiger partial charge in [-0.15, -0.1) is 0 Å². The van der Waals surface area contributed by atoms with Gasteiger partial charge in [-0.25, -0.2) is 4.98 Å². The average molecular weight is 313 g/mol. The predicted molar refractivity (Wildman–Crippen MR) is 76.4 cm³/mol. The zero-order chi connectivity index (χ0) is 13.4. The molecule has 0 radical (unpaired) electrons. The van der Waals surface area contributed by atoms with Crippen LogP contribution in [0.2, 0.25) is 0 Å². The lowest BCUT2D eigenvalue weighted by Crippen LogP contribution is -1.94. The van der Waals surface area contributed by atoms with Crippen LogP contribution in [-0.4, -0.2) is 14.5 Å². The average Bonchev–Trinajstić information content (AvgIpc) is 2.76. The van der Waals surface area contributed by atoms with Gasteiger partial charge in [0.1, 0.15) is 5.69 Å². The molecule has 0 fully saturated rings. The van der Waals surface area contributed by atoms with Crippen molar-refractivity contribution in [1.29, 1.82) is 5.26 Å². The number of fused-ring (bicyclic) bond motifs is 1. The van der Waals surface area contributed by atoms with E-state index >= 15 is 0 Å². The van der Waals surface area contributed by atoms with Crippen molar-refractivity contribution in [3.63, 3.8) is 0 Å². The molecule has 0 atom stereocenters. The third-order valence-electron chi connectivity index (χ3n) is 2.97. The van der Waals surface area contributed by atoms with Crippen LogP contribution in [0.5, 0.6) is 0 Å². The Morgan fingerprint density at radius 2 is 2.11 bits per heavy atom. The molecule has 5 heteroatoms. The van der Waals surface area contributed by atoms with Crippen molar-refractivity contribution >= 4 is 27.0 Å². The zero-order valence-electron chi connectivity index (χ0n) is 10.1. The Balaban J connectivity index is 2.22. The standard InChI is InChI=1S/C14H9BrN4/c1-19-13-5-2-9(7-16)6-12(13)18-14(19)11-4-3-10(15)8-17-11/h2-6,8H,1H3. The summed E-state index contributed by atoms with van der Waals surface area (Å²) in [7, 11) is 1.94. The van der Waals surface area contributed by atoms with Crippen molar-refractivity contribution < 1.29 is 0 Å². The molecule has 0 spiro atoms. The van der Waals surface area contributed by atoms with Crippen molar-refractivity contribution in [1.82, 2.24) is 14.5 Å². The number of aromatic nitrogens is 3. The fourth-order valence-corrected chi connectivity index (χ4v) is 2.24. The highest BCUT2D eigenvalue weighted by atomic mass is 79.9. The molecule has 2 aromatic heterocycles. The minimum atomic E-state index is 0.612. The molecule has 0 saturated heterocycles. The van der Waals surface area contributed by atoms with Gasteiger partial charge in [-0.2, -0.15) is 5.26 Å². The van der Waals surface area contributed by atoms with Gasteiger partial charge in [-0.3, -0.25) is 4.98 Å². The van der Waals surface area contributed by atoms with E-state index in [0.717, 1.165) is 27.0 Å². The molecule has 2 heterocycles. The van der Waals surface area contributed by atoms with Gasteiger partial charge in [0.2, 0.25) is 0 Å². The summed E-state index contributed by atoms with van der Waals surface area (Å²) in [6, 6.07) is 11.5. The summed E-state index contributed by atoms with van der Waals surface area (Å²) in [6.45, 7) is 0. The lowest BCUT2D eigenvalue weighted by atomic mass is 10.2. The Morgan fingerprint density at radius 1 is 1.26 bits per heavy atom. The van der Waals surface area contributed by atoms with Crippen molar-refractivity contribution in [2.45, 2.75) is 0 Å². The van der Waals surface area contributed by atoms with E-state index in [-0.39, 0.29) is 0 Å². The van der Waals surface area contributed by atoms with Crippen LogP contribution in [0.3, 0.4) is 0 Å². The summed E-state index contributed by atoms with van der Waals surface area (Å²) >= 11 is 3.36. The molecule has 0 unspecified atom stereocenters. The molecule has 0 amide bonds. The van der Waals surface area contributed by atoms with Crippen LogP contribution in [0.15, 0.2) is 41.0 Å². The number of hydrogen-bond donors (Lipinski definition) is 0. The van der Waals surface area contributed by atoms with E-state index < -0.39 is 0 Å². The highest BCUT2D eigenvalue weighted by Crippen LogP contribution is 2.23. The van der Waals surface area contributed by atoms with E-state index in [1.54, 1.807) is 18.3 Å². The molecule has 1 aromatic carbocycles. The van der Waals surface area contributed by atoms with E-state index in [0.29, 0.717) is 5.56 Å². The van der Waals surface area contributed by atoms with Gasteiger partial charge in [0, 0.05) is 17.7 Å². The number of imidazole rings is 1. The number of halogens is 1. The first kappa shape index (κ1) is 11.9. The molecule has 3 aromatic rings. The minimum Gasteiger partial charge on any atom is -0.326 e. The summed E-state index contributed by atoms with van der Waals surface area (Å²) in [5, 5.41) is 8.92. The van der Waals surface area contributed by atoms with Crippen molar-refractivity contribution in [2.75, 3.05) is 0 Å². The third kappa shape index (κ3) is 2.00. The normalized spacial score (nSPS) is 10.6. The monoisotopic (exact) mass is 312 g/mol. The maximum Gasteiger partial charge on any atom is 0.159 e. The summed E-state index contributed by atoms with van der Waals surface area (Å²) in [5.41, 5.74) is 3.21. The molecular weight excluding hydrogens is 304 g/mol. The first-order valence-electron chi connectivity index (χ1n) is 5.67. The minimum absolute atomic E-state index is 0.612. The second-order valence-electron chi connectivity index (χ2n) is 4.17. The fraction of sp³-hybridized carbons (Fsp3) is 0.0714. The molecule has 4 nitrogen and oxygen atoms in total. The Morgan fingerprint density at radius 3 is 2.79 bits per heavy atom. The van der Waals surface area contributed by atoms with Gasteiger partial charge < -0.3 is 4.57 Å². The Kier molecular flexibility index (Phi) is 2.80. The highest BCUT2D eigenvalue weighted by Gasteiger charge is 2.11. The fourth-order valence-electron chi connectivity index (χ4n) is 2.01. The highest BCUT2D eigenvalue weighted by molar-refractivity contribution is 9.10. The maximum atomic E-state index is 8.92. The smallest absolute Gasteiger partial charge is 0.159 e. The van der Waals surface area contributed by atoms with E-state index in [4.69, 9.17) is 5.26 Å². The SMILES string of the molecule is Cn1c(-c2ccc(Br)cn2)nc2cc(C#N)ccc21. The number of pyridine rings is 1. The topological polar surface area (TPSA) is 54.5 Å². The van der Waals surface area contributed by atoms with Crippen molar-refractivity contribution in [2.24, 2.45) is 7.05 Å². The molecule has 0 saturated carbocycles. The van der Waals surface area contributed by atoms with Crippen LogP contribution in [0.4, 0.5) is 0 Å². The number of hydrogen-bond acceptors (Lipinski definition) is 3. The quantitative estimate of drug-likeness (QED) is 0.693. The van der Waals surface area contributed by atoms with Gasteiger partial charge in [0.05, 0.1) is 22.7 Å². The second kappa shape index (κ2) is 4.48. The predicted octanol–water partition coefficient (Wildman–Crippen LogP) is 3.27. The summed E-state index contributed by atoms with van der Waals surface area (Å²) in [4.78, 5) is 8.91. The van der Waals surface area contributed by atoms with Crippen LogP contribution in [-0.2, 0) is 7.05 Å². The summed E-state index contributed by atoms with van der Waals surface area (Å²) in [5.74, 6) is 0.789. The van der Waals surface area contributed by atoms with Gasteiger partial charge in [-0.1, -0.05) is 0 Å². The number of nitriles is 1. The molecule has 0 N–H and O–H groups in total. The maximum absolute atomic E-state index is 8.92. The lowest BCUT2D eigenvalue weighted by Gasteiger charge is -2.01. The number of nitrogens with zero attached hydrogens (tertiary/aromatic N) is 4. The molecule has 0 aliphatic heterocycles. The molecule has 0 bridgehead atoms. The van der Waals surface area contributed by atoms with Crippen LogP contribution in [0.1, 0.15) is 5.56 Å². The second-order valence-corrected chi connectivity index (χ2v) is 5.09. The van der Waals surface area contributed by atoms with Crippen LogP contribution in [0, 0.1) is 11.3 Å². The molecule has 19 heavy (non-hydrogen) atoms. The molecule has 3 rings (SSSR count). The molecular formula is C14H9BrN4. The summed E-state index contributed by atoms with van der Waals surface area (Å²) < 4.78 is 2.91. The molecule has 0 aliphatic rings. The van der Waals surface area contributed by atoms with Crippen LogP contribution < -0.4 is 0 Å². The largest absolute Gasteiger partial charge is 0.326 e. The molecule has 92 valence electrons. The van der Waals surface area contributed by atoms with Gasteiger partial charge in [-0.05, 0) is 46.3 Å². The first-order valence-corrected chi connectivity index (χ1v) is 6.47.